The monoisotopic (exact) mass is 396 g/mol. The van der Waals surface area contributed by atoms with Crippen molar-refractivity contribution >= 4 is 46.1 Å². The average Bonchev–Trinajstić information content (AvgIpc) is 3.18. The van der Waals surface area contributed by atoms with Gasteiger partial charge in [-0.1, -0.05) is 48.4 Å². The summed E-state index contributed by atoms with van der Waals surface area (Å²) in [7, 11) is 0. The van der Waals surface area contributed by atoms with Crippen LogP contribution in [0, 0.1) is 0 Å². The second-order valence-electron chi connectivity index (χ2n) is 6.08. The summed E-state index contributed by atoms with van der Waals surface area (Å²) in [6.45, 7) is 4.18. The lowest BCUT2D eigenvalue weighted by Gasteiger charge is -2.30. The first-order valence-corrected chi connectivity index (χ1v) is 10.1. The Morgan fingerprint density at radius 1 is 1.35 bits per heavy atom. The van der Waals surface area contributed by atoms with Crippen molar-refractivity contribution in [3.8, 4) is 0 Å². The van der Waals surface area contributed by atoms with Crippen molar-refractivity contribution in [2.75, 3.05) is 17.6 Å². The number of hydrogen-bond donors (Lipinski definition) is 3. The van der Waals surface area contributed by atoms with E-state index in [0.29, 0.717) is 28.9 Å². The number of anilines is 1. The standard InChI is InChI=1S/C15H20N6O3S2/c1-2-8-16-12-18-19-14(26-12)25-9-10(22)20-21-11(23)15(17-13(21)24)6-4-3-5-7-15/h2H,1,3-9H2,(H,16,18)(H,17,24)(H,20,22). The van der Waals surface area contributed by atoms with Crippen molar-refractivity contribution in [2.45, 2.75) is 42.0 Å². The predicted molar refractivity (Wildman–Crippen MR) is 98.7 cm³/mol. The molecule has 1 spiro atoms. The fourth-order valence-corrected chi connectivity index (χ4v) is 4.55. The topological polar surface area (TPSA) is 116 Å². The Hall–Kier alpha value is -2.14. The van der Waals surface area contributed by atoms with Gasteiger partial charge in [-0.05, 0) is 12.8 Å². The summed E-state index contributed by atoms with van der Waals surface area (Å²) >= 11 is 2.51. The second kappa shape index (κ2) is 8.04. The molecule has 2 fully saturated rings. The molecule has 26 heavy (non-hydrogen) atoms. The van der Waals surface area contributed by atoms with E-state index in [0.717, 1.165) is 24.3 Å². The molecule has 1 aliphatic carbocycles. The van der Waals surface area contributed by atoms with Gasteiger partial charge in [-0.2, -0.15) is 5.01 Å². The van der Waals surface area contributed by atoms with Crippen LogP contribution in [0.2, 0.25) is 0 Å². The summed E-state index contributed by atoms with van der Waals surface area (Å²) in [4.78, 5) is 36.8. The van der Waals surface area contributed by atoms with Crippen LogP contribution in [-0.2, 0) is 9.59 Å². The van der Waals surface area contributed by atoms with Crippen molar-refractivity contribution in [3.63, 3.8) is 0 Å². The summed E-state index contributed by atoms with van der Waals surface area (Å²) < 4.78 is 0.618. The molecule has 3 N–H and O–H groups in total. The van der Waals surface area contributed by atoms with Crippen LogP contribution in [0.3, 0.4) is 0 Å². The molecule has 0 unspecified atom stereocenters. The highest BCUT2D eigenvalue weighted by atomic mass is 32.2. The van der Waals surface area contributed by atoms with Crippen LogP contribution in [0.15, 0.2) is 17.0 Å². The van der Waals surface area contributed by atoms with Crippen molar-refractivity contribution in [1.29, 1.82) is 0 Å². The van der Waals surface area contributed by atoms with E-state index in [2.05, 4.69) is 32.8 Å². The summed E-state index contributed by atoms with van der Waals surface area (Å²) in [5, 5.41) is 15.1. The minimum atomic E-state index is -0.847. The Bertz CT molecular complexity index is 716. The lowest BCUT2D eigenvalue weighted by Crippen LogP contribution is -2.51. The Balaban J connectivity index is 1.51. The number of urea groups is 1. The molecule has 1 saturated carbocycles. The predicted octanol–water partition coefficient (Wildman–Crippen LogP) is 1.51. The Labute approximate surface area is 159 Å². The number of aromatic nitrogens is 2. The Morgan fingerprint density at radius 2 is 2.12 bits per heavy atom. The lowest BCUT2D eigenvalue weighted by molar-refractivity contribution is -0.139. The van der Waals surface area contributed by atoms with Gasteiger partial charge in [-0.25, -0.2) is 4.79 Å². The first-order valence-electron chi connectivity index (χ1n) is 8.31. The molecule has 2 heterocycles. The molecule has 2 aliphatic rings. The molecular formula is C15H20N6O3S2. The maximum Gasteiger partial charge on any atom is 0.344 e. The summed E-state index contributed by atoms with van der Waals surface area (Å²) in [5.41, 5.74) is 1.55. The summed E-state index contributed by atoms with van der Waals surface area (Å²) in [6.07, 6.45) is 5.78. The maximum absolute atomic E-state index is 12.6. The molecule has 1 saturated heterocycles. The third-order valence-electron chi connectivity index (χ3n) is 4.24. The maximum atomic E-state index is 12.6. The molecule has 4 amide bonds. The SMILES string of the molecule is C=CCNc1nnc(SCC(=O)NN2C(=O)NC3(CCCCC3)C2=O)s1. The van der Waals surface area contributed by atoms with Gasteiger partial charge in [-0.3, -0.25) is 15.0 Å². The first kappa shape index (κ1) is 18.6. The molecule has 1 aliphatic heterocycles. The molecule has 0 atom stereocenters. The normalized spacial score (nSPS) is 18.7. The van der Waals surface area contributed by atoms with Gasteiger partial charge in [0.2, 0.25) is 11.0 Å². The van der Waals surface area contributed by atoms with Crippen LogP contribution in [0.5, 0.6) is 0 Å². The highest BCUT2D eigenvalue weighted by Crippen LogP contribution is 2.33. The molecule has 0 aromatic carbocycles. The molecular weight excluding hydrogens is 376 g/mol. The fourth-order valence-electron chi connectivity index (χ4n) is 3.00. The largest absolute Gasteiger partial charge is 0.357 e. The first-order chi connectivity index (χ1) is 12.5. The number of rotatable bonds is 7. The molecule has 1 aromatic rings. The van der Waals surface area contributed by atoms with Crippen LogP contribution >= 0.6 is 23.1 Å². The van der Waals surface area contributed by atoms with Gasteiger partial charge in [0.1, 0.15) is 5.54 Å². The van der Waals surface area contributed by atoms with Crippen molar-refractivity contribution in [1.82, 2.24) is 25.9 Å². The van der Waals surface area contributed by atoms with Gasteiger partial charge in [0, 0.05) is 6.54 Å². The lowest BCUT2D eigenvalue weighted by atomic mass is 9.82. The third-order valence-corrected chi connectivity index (χ3v) is 6.25. The quantitative estimate of drug-likeness (QED) is 0.363. The van der Waals surface area contributed by atoms with E-state index in [4.69, 9.17) is 0 Å². The van der Waals surface area contributed by atoms with E-state index in [1.807, 2.05) is 0 Å². The van der Waals surface area contributed by atoms with E-state index >= 15 is 0 Å². The number of nitrogens with one attached hydrogen (secondary N) is 3. The zero-order chi connectivity index (χ0) is 18.6. The van der Waals surface area contributed by atoms with Gasteiger partial charge in [0.25, 0.3) is 5.91 Å². The zero-order valence-electron chi connectivity index (χ0n) is 14.1. The highest BCUT2D eigenvalue weighted by molar-refractivity contribution is 8.01. The molecule has 0 radical (unpaired) electrons. The van der Waals surface area contributed by atoms with Crippen LogP contribution in [-0.4, -0.2) is 50.9 Å². The van der Waals surface area contributed by atoms with E-state index < -0.39 is 17.5 Å². The van der Waals surface area contributed by atoms with Gasteiger partial charge in [-0.15, -0.1) is 16.8 Å². The number of nitrogens with zero attached hydrogens (tertiary/aromatic N) is 3. The van der Waals surface area contributed by atoms with Gasteiger partial charge in [0.05, 0.1) is 5.75 Å². The number of thioether (sulfide) groups is 1. The Kier molecular flexibility index (Phi) is 5.77. The van der Waals surface area contributed by atoms with Crippen molar-refractivity contribution in [2.24, 2.45) is 0 Å². The number of hydrazine groups is 1. The molecule has 0 bridgehead atoms. The van der Waals surface area contributed by atoms with Crippen molar-refractivity contribution < 1.29 is 14.4 Å². The van der Waals surface area contributed by atoms with E-state index in [1.165, 1.54) is 23.1 Å². The third kappa shape index (κ3) is 3.98. The van der Waals surface area contributed by atoms with Crippen LogP contribution < -0.4 is 16.1 Å². The fraction of sp³-hybridized carbons (Fsp3) is 0.533. The molecule has 11 heteroatoms. The summed E-state index contributed by atoms with van der Waals surface area (Å²) in [6, 6.07) is -0.568. The van der Waals surface area contributed by atoms with E-state index in [-0.39, 0.29) is 11.7 Å². The van der Waals surface area contributed by atoms with E-state index in [9.17, 15) is 14.4 Å². The van der Waals surface area contributed by atoms with Gasteiger partial charge < -0.3 is 10.6 Å². The summed E-state index contributed by atoms with van der Waals surface area (Å²) in [5.74, 6) is -0.783. The number of carbonyl (C=O) groups is 3. The van der Waals surface area contributed by atoms with Gasteiger partial charge in [0.15, 0.2) is 4.34 Å². The molecule has 140 valence electrons. The van der Waals surface area contributed by atoms with Gasteiger partial charge >= 0.3 is 6.03 Å². The minimum absolute atomic E-state index is 0.0279. The number of amides is 4. The number of imide groups is 1. The molecule has 3 rings (SSSR count). The minimum Gasteiger partial charge on any atom is -0.357 e. The Morgan fingerprint density at radius 3 is 2.85 bits per heavy atom. The zero-order valence-corrected chi connectivity index (χ0v) is 15.8. The van der Waals surface area contributed by atoms with Crippen LogP contribution in [0.1, 0.15) is 32.1 Å². The van der Waals surface area contributed by atoms with Crippen molar-refractivity contribution in [3.05, 3.63) is 12.7 Å². The van der Waals surface area contributed by atoms with Crippen LogP contribution in [0.4, 0.5) is 9.93 Å². The average molecular weight is 396 g/mol. The number of carbonyl (C=O) groups excluding carboxylic acids is 3. The number of hydrogen-bond acceptors (Lipinski definition) is 8. The van der Waals surface area contributed by atoms with Crippen LogP contribution in [0.25, 0.3) is 0 Å². The van der Waals surface area contributed by atoms with E-state index in [1.54, 1.807) is 6.08 Å². The molecule has 1 aromatic heterocycles. The molecule has 9 nitrogen and oxygen atoms in total. The highest BCUT2D eigenvalue weighted by Gasteiger charge is 2.52. The second-order valence-corrected chi connectivity index (χ2v) is 8.28. The smallest absolute Gasteiger partial charge is 0.344 e.